The quantitative estimate of drug-likeness (QED) is 0.402. The Bertz CT molecular complexity index is 906. The van der Waals surface area contributed by atoms with Crippen LogP contribution in [0.4, 0.5) is 5.82 Å². The molecule has 1 saturated heterocycles. The van der Waals surface area contributed by atoms with E-state index >= 15 is 0 Å². The van der Waals surface area contributed by atoms with Crippen LogP contribution in [0.25, 0.3) is 11.5 Å². The van der Waals surface area contributed by atoms with Crippen molar-refractivity contribution in [3.63, 3.8) is 0 Å². The third-order valence-electron chi connectivity index (χ3n) is 5.82. The van der Waals surface area contributed by atoms with E-state index < -0.39 is 6.29 Å². The predicted molar refractivity (Wildman–Crippen MR) is 123 cm³/mol. The summed E-state index contributed by atoms with van der Waals surface area (Å²) in [5.74, 6) is 2.07. The van der Waals surface area contributed by atoms with Gasteiger partial charge in [-0.25, -0.2) is 9.97 Å². The number of aryl methyl sites for hydroxylation is 1. The highest BCUT2D eigenvalue weighted by Gasteiger charge is 2.23. The number of fused-ring (bicyclic) bond motifs is 1. The standard InChI is InChI=1S/C24H34N4O5/c1-3-30-21(29)16-28(2)24-18-7-6-8-19(18)26-23(27-24)20-15-17(10-11-25-20)31-13-14-33-22-9-4-5-12-32-22/h10-11,15,21-22,29H,3-9,12-14,16H2,1-2H3. The Morgan fingerprint density at radius 2 is 2.12 bits per heavy atom. The summed E-state index contributed by atoms with van der Waals surface area (Å²) in [7, 11) is 1.91. The van der Waals surface area contributed by atoms with E-state index in [1.165, 1.54) is 0 Å². The van der Waals surface area contributed by atoms with Gasteiger partial charge in [-0.3, -0.25) is 4.98 Å². The Kier molecular flexibility index (Phi) is 8.44. The number of likely N-dealkylation sites (N-methyl/N-ethyl adjacent to an activating group) is 1. The minimum Gasteiger partial charge on any atom is -0.491 e. The summed E-state index contributed by atoms with van der Waals surface area (Å²) in [6.07, 6.45) is 6.79. The van der Waals surface area contributed by atoms with Gasteiger partial charge in [-0.15, -0.1) is 0 Å². The molecule has 9 heteroatoms. The highest BCUT2D eigenvalue weighted by molar-refractivity contribution is 5.59. The van der Waals surface area contributed by atoms with E-state index in [-0.39, 0.29) is 6.29 Å². The van der Waals surface area contributed by atoms with Crippen molar-refractivity contribution in [2.45, 2.75) is 58.0 Å². The van der Waals surface area contributed by atoms with Gasteiger partial charge in [0.15, 0.2) is 18.4 Å². The van der Waals surface area contributed by atoms with Gasteiger partial charge >= 0.3 is 0 Å². The van der Waals surface area contributed by atoms with Crippen LogP contribution in [0.3, 0.4) is 0 Å². The highest BCUT2D eigenvalue weighted by atomic mass is 16.7. The summed E-state index contributed by atoms with van der Waals surface area (Å²) in [6, 6.07) is 3.67. The normalized spacial score (nSPS) is 18.7. The molecule has 1 fully saturated rings. The van der Waals surface area contributed by atoms with Gasteiger partial charge in [0.2, 0.25) is 0 Å². The number of aliphatic hydroxyl groups excluding tert-OH is 1. The van der Waals surface area contributed by atoms with E-state index in [1.807, 2.05) is 31.0 Å². The topological polar surface area (TPSA) is 99.1 Å². The number of ether oxygens (including phenoxy) is 4. The monoisotopic (exact) mass is 458 g/mol. The molecule has 0 spiro atoms. The van der Waals surface area contributed by atoms with E-state index in [9.17, 15) is 5.11 Å². The molecule has 0 saturated carbocycles. The maximum absolute atomic E-state index is 10.1. The number of aromatic nitrogens is 3. The largest absolute Gasteiger partial charge is 0.491 e. The van der Waals surface area contributed by atoms with Gasteiger partial charge in [0, 0.05) is 43.8 Å². The third-order valence-corrected chi connectivity index (χ3v) is 5.82. The zero-order chi connectivity index (χ0) is 23.0. The third kappa shape index (κ3) is 6.38. The van der Waals surface area contributed by atoms with Gasteiger partial charge < -0.3 is 29.0 Å². The van der Waals surface area contributed by atoms with Crippen LogP contribution in [0, 0.1) is 0 Å². The first-order valence-electron chi connectivity index (χ1n) is 11.9. The Morgan fingerprint density at radius 3 is 2.94 bits per heavy atom. The number of hydrogen-bond donors (Lipinski definition) is 1. The number of hydrogen-bond acceptors (Lipinski definition) is 9. The van der Waals surface area contributed by atoms with E-state index in [4.69, 9.17) is 28.9 Å². The van der Waals surface area contributed by atoms with Crippen molar-refractivity contribution in [2.75, 3.05) is 44.9 Å². The van der Waals surface area contributed by atoms with Gasteiger partial charge in [-0.05, 0) is 51.5 Å². The molecule has 3 heterocycles. The van der Waals surface area contributed by atoms with Crippen LogP contribution < -0.4 is 9.64 Å². The molecule has 1 aliphatic heterocycles. The molecule has 2 aromatic rings. The lowest BCUT2D eigenvalue weighted by molar-refractivity contribution is -0.165. The van der Waals surface area contributed by atoms with E-state index in [1.54, 1.807) is 6.20 Å². The van der Waals surface area contributed by atoms with Crippen molar-refractivity contribution < 1.29 is 24.1 Å². The molecule has 1 aliphatic carbocycles. The summed E-state index contributed by atoms with van der Waals surface area (Å²) in [5, 5.41) is 10.1. The zero-order valence-electron chi connectivity index (χ0n) is 19.5. The number of anilines is 1. The maximum atomic E-state index is 10.1. The second-order valence-corrected chi connectivity index (χ2v) is 8.33. The minimum absolute atomic E-state index is 0.119. The molecule has 2 atom stereocenters. The second-order valence-electron chi connectivity index (χ2n) is 8.33. The summed E-state index contributed by atoms with van der Waals surface area (Å²) >= 11 is 0. The number of pyridine rings is 1. The fourth-order valence-electron chi connectivity index (χ4n) is 4.21. The molecule has 2 aromatic heterocycles. The molecule has 180 valence electrons. The maximum Gasteiger partial charge on any atom is 0.180 e. The minimum atomic E-state index is -0.869. The molecule has 1 N–H and O–H groups in total. The summed E-state index contributed by atoms with van der Waals surface area (Å²) < 4.78 is 22.5. The van der Waals surface area contributed by atoms with E-state index in [2.05, 4.69) is 4.98 Å². The van der Waals surface area contributed by atoms with Gasteiger partial charge in [0.05, 0.1) is 13.2 Å². The van der Waals surface area contributed by atoms with Crippen molar-refractivity contribution in [1.29, 1.82) is 0 Å². The first kappa shape index (κ1) is 23.8. The fourth-order valence-corrected chi connectivity index (χ4v) is 4.21. The van der Waals surface area contributed by atoms with Gasteiger partial charge in [-0.1, -0.05) is 0 Å². The Labute approximate surface area is 195 Å². The second kappa shape index (κ2) is 11.7. The SMILES string of the molecule is CCOC(O)CN(C)c1nc(-c2cc(OCCOC3CCCCO3)ccn2)nc2c1CCC2. The lowest BCUT2D eigenvalue weighted by Crippen LogP contribution is -2.32. The van der Waals surface area contributed by atoms with Crippen molar-refractivity contribution >= 4 is 5.82 Å². The number of nitrogens with zero attached hydrogens (tertiary/aromatic N) is 4. The van der Waals surface area contributed by atoms with Crippen molar-refractivity contribution in [3.8, 4) is 17.3 Å². The lowest BCUT2D eigenvalue weighted by Gasteiger charge is -2.24. The van der Waals surface area contributed by atoms with Crippen LogP contribution in [-0.2, 0) is 27.1 Å². The molecule has 9 nitrogen and oxygen atoms in total. The summed E-state index contributed by atoms with van der Waals surface area (Å²) in [4.78, 5) is 16.0. The van der Waals surface area contributed by atoms with Gasteiger partial charge in [0.25, 0.3) is 0 Å². The smallest absolute Gasteiger partial charge is 0.180 e. The molecule has 0 bridgehead atoms. The Balaban J connectivity index is 1.43. The molecule has 0 radical (unpaired) electrons. The molecule has 0 aromatic carbocycles. The fraction of sp³-hybridized carbons (Fsp3) is 0.625. The van der Waals surface area contributed by atoms with Crippen LogP contribution in [0.5, 0.6) is 5.75 Å². The molecule has 2 unspecified atom stereocenters. The molecule has 2 aliphatic rings. The first-order valence-corrected chi connectivity index (χ1v) is 11.9. The van der Waals surface area contributed by atoms with Gasteiger partial charge in [-0.2, -0.15) is 0 Å². The summed E-state index contributed by atoms with van der Waals surface area (Å²) in [5.41, 5.74) is 2.83. The first-order chi connectivity index (χ1) is 16.1. The van der Waals surface area contributed by atoms with Crippen molar-refractivity contribution in [2.24, 2.45) is 0 Å². The molecular weight excluding hydrogens is 424 g/mol. The van der Waals surface area contributed by atoms with Crippen LogP contribution in [-0.4, -0.2) is 72.7 Å². The number of rotatable bonds is 11. The molecule has 0 amide bonds. The molecule has 4 rings (SSSR count). The van der Waals surface area contributed by atoms with E-state index in [0.29, 0.717) is 43.6 Å². The van der Waals surface area contributed by atoms with Gasteiger partial charge in [0.1, 0.15) is 23.9 Å². The van der Waals surface area contributed by atoms with Crippen LogP contribution in [0.2, 0.25) is 0 Å². The molecule has 33 heavy (non-hydrogen) atoms. The van der Waals surface area contributed by atoms with Crippen LogP contribution in [0.15, 0.2) is 18.3 Å². The number of aliphatic hydroxyl groups is 1. The van der Waals surface area contributed by atoms with Crippen LogP contribution >= 0.6 is 0 Å². The predicted octanol–water partition coefficient (Wildman–Crippen LogP) is 2.74. The average molecular weight is 459 g/mol. The van der Waals surface area contributed by atoms with E-state index in [0.717, 1.165) is 62.2 Å². The molecular formula is C24H34N4O5. The van der Waals surface area contributed by atoms with Crippen molar-refractivity contribution in [1.82, 2.24) is 15.0 Å². The zero-order valence-corrected chi connectivity index (χ0v) is 19.5. The van der Waals surface area contributed by atoms with Crippen molar-refractivity contribution in [3.05, 3.63) is 29.6 Å². The lowest BCUT2D eigenvalue weighted by atomic mass is 10.2. The summed E-state index contributed by atoms with van der Waals surface area (Å²) in [6.45, 7) is 4.31. The average Bonchev–Trinajstić information content (AvgIpc) is 3.31. The van der Waals surface area contributed by atoms with Crippen LogP contribution in [0.1, 0.15) is 43.9 Å². The Morgan fingerprint density at radius 1 is 1.21 bits per heavy atom. The highest BCUT2D eigenvalue weighted by Crippen LogP contribution is 2.31. The Hall–Kier alpha value is -2.33.